The molecular formula is C21H17F3N2O. The number of carbonyl (C=O) groups is 1. The summed E-state index contributed by atoms with van der Waals surface area (Å²) in [4.78, 5) is 17.3. The zero-order valence-electron chi connectivity index (χ0n) is 14.4. The lowest BCUT2D eigenvalue weighted by Crippen LogP contribution is -2.12. The molecule has 1 aromatic heterocycles. The highest BCUT2D eigenvalue weighted by Gasteiger charge is 2.30. The van der Waals surface area contributed by atoms with E-state index in [1.165, 1.54) is 12.1 Å². The van der Waals surface area contributed by atoms with Crippen molar-refractivity contribution in [2.75, 3.05) is 0 Å². The molecule has 0 fully saturated rings. The maximum Gasteiger partial charge on any atom is 0.416 e. The molecule has 0 bridgehead atoms. The van der Waals surface area contributed by atoms with E-state index in [2.05, 4.69) is 11.6 Å². The predicted molar refractivity (Wildman–Crippen MR) is 97.4 cm³/mol. The third-order valence-electron chi connectivity index (χ3n) is 4.10. The van der Waals surface area contributed by atoms with Gasteiger partial charge in [-0.2, -0.15) is 13.2 Å². The third kappa shape index (κ3) is 4.16. The second kappa shape index (κ2) is 7.61. The molecule has 0 saturated heterocycles. The van der Waals surface area contributed by atoms with Gasteiger partial charge < -0.3 is 4.57 Å². The van der Waals surface area contributed by atoms with Gasteiger partial charge in [0.1, 0.15) is 0 Å². The smallest absolute Gasteiger partial charge is 0.327 e. The minimum absolute atomic E-state index is 0.160. The number of carbonyl (C=O) groups excluding carboxylic acids is 1. The average Bonchev–Trinajstić information content (AvgIpc) is 3.10. The SMILES string of the molecule is C=CCCn1cc(-c2ccccc2)nc1C(=O)c1ccc(C(F)(F)F)cc1. The topological polar surface area (TPSA) is 34.9 Å². The van der Waals surface area contributed by atoms with Crippen LogP contribution >= 0.6 is 0 Å². The number of halogens is 3. The van der Waals surface area contributed by atoms with Gasteiger partial charge in [-0.25, -0.2) is 4.98 Å². The summed E-state index contributed by atoms with van der Waals surface area (Å²) in [5.74, 6) is -0.231. The first-order valence-corrected chi connectivity index (χ1v) is 8.35. The van der Waals surface area contributed by atoms with E-state index in [4.69, 9.17) is 0 Å². The molecular weight excluding hydrogens is 353 g/mol. The fourth-order valence-corrected chi connectivity index (χ4v) is 2.69. The van der Waals surface area contributed by atoms with Gasteiger partial charge in [0.15, 0.2) is 5.82 Å². The fourth-order valence-electron chi connectivity index (χ4n) is 2.69. The molecule has 2 aromatic carbocycles. The first kappa shape index (κ1) is 18.6. The summed E-state index contributed by atoms with van der Waals surface area (Å²) in [5.41, 5.74) is 0.860. The maximum atomic E-state index is 12.8. The number of aromatic nitrogens is 2. The lowest BCUT2D eigenvalue weighted by molar-refractivity contribution is -0.137. The lowest BCUT2D eigenvalue weighted by Gasteiger charge is -2.08. The Morgan fingerprint density at radius 3 is 2.33 bits per heavy atom. The molecule has 0 aliphatic carbocycles. The third-order valence-corrected chi connectivity index (χ3v) is 4.10. The van der Waals surface area contributed by atoms with Gasteiger partial charge in [-0.1, -0.05) is 48.5 Å². The van der Waals surface area contributed by atoms with Crippen LogP contribution in [0.15, 0.2) is 73.4 Å². The van der Waals surface area contributed by atoms with Crippen LogP contribution in [0, 0.1) is 0 Å². The van der Waals surface area contributed by atoms with Gasteiger partial charge in [-0.3, -0.25) is 4.79 Å². The first-order chi connectivity index (χ1) is 12.9. The van der Waals surface area contributed by atoms with Crippen molar-refractivity contribution in [3.05, 3.63) is 90.4 Å². The standard InChI is InChI=1S/C21H17F3N2O/c1-2-3-13-26-14-18(15-7-5-4-6-8-15)25-20(26)19(27)16-9-11-17(12-10-16)21(22,23)24/h2,4-12,14H,1,3,13H2. The van der Waals surface area contributed by atoms with E-state index in [-0.39, 0.29) is 11.4 Å². The number of hydrogen-bond acceptors (Lipinski definition) is 2. The number of aryl methyl sites for hydroxylation is 1. The predicted octanol–water partition coefficient (Wildman–Crippen LogP) is 5.38. The Morgan fingerprint density at radius 2 is 1.74 bits per heavy atom. The van der Waals surface area contributed by atoms with Crippen molar-refractivity contribution in [3.63, 3.8) is 0 Å². The Hall–Kier alpha value is -3.15. The molecule has 0 unspecified atom stereocenters. The Bertz CT molecular complexity index is 942. The van der Waals surface area contributed by atoms with Crippen LogP contribution in [-0.4, -0.2) is 15.3 Å². The van der Waals surface area contributed by atoms with Gasteiger partial charge in [-0.15, -0.1) is 6.58 Å². The lowest BCUT2D eigenvalue weighted by atomic mass is 10.1. The summed E-state index contributed by atoms with van der Waals surface area (Å²) < 4.78 is 39.9. The van der Waals surface area contributed by atoms with Gasteiger partial charge in [-0.05, 0) is 18.6 Å². The summed E-state index contributed by atoms with van der Waals surface area (Å²) in [6.45, 7) is 4.19. The van der Waals surface area contributed by atoms with E-state index in [1.54, 1.807) is 16.8 Å². The van der Waals surface area contributed by atoms with Crippen molar-refractivity contribution in [1.82, 2.24) is 9.55 Å². The van der Waals surface area contributed by atoms with E-state index < -0.39 is 17.5 Å². The Balaban J connectivity index is 1.97. The van der Waals surface area contributed by atoms with Crippen LogP contribution in [0.25, 0.3) is 11.3 Å². The normalized spacial score (nSPS) is 11.4. The van der Waals surface area contributed by atoms with Crippen molar-refractivity contribution in [1.29, 1.82) is 0 Å². The van der Waals surface area contributed by atoms with Crippen molar-refractivity contribution >= 4 is 5.78 Å². The summed E-state index contributed by atoms with van der Waals surface area (Å²) in [5, 5.41) is 0. The van der Waals surface area contributed by atoms with Gasteiger partial charge in [0.05, 0.1) is 11.3 Å². The molecule has 3 rings (SSSR count). The van der Waals surface area contributed by atoms with Crippen LogP contribution in [0.4, 0.5) is 13.2 Å². The zero-order chi connectivity index (χ0) is 19.4. The molecule has 1 heterocycles. The molecule has 27 heavy (non-hydrogen) atoms. The average molecular weight is 370 g/mol. The van der Waals surface area contributed by atoms with Gasteiger partial charge >= 0.3 is 6.18 Å². The molecule has 138 valence electrons. The molecule has 0 atom stereocenters. The Kier molecular flexibility index (Phi) is 5.26. The fraction of sp³-hybridized carbons (Fsp3) is 0.143. The van der Waals surface area contributed by atoms with Crippen molar-refractivity contribution in [2.24, 2.45) is 0 Å². The van der Waals surface area contributed by atoms with Crippen LogP contribution in [0.2, 0.25) is 0 Å². The minimum Gasteiger partial charge on any atom is -0.327 e. The molecule has 6 heteroatoms. The van der Waals surface area contributed by atoms with Gasteiger partial charge in [0.25, 0.3) is 0 Å². The highest BCUT2D eigenvalue weighted by Crippen LogP contribution is 2.29. The second-order valence-electron chi connectivity index (χ2n) is 5.99. The van der Waals surface area contributed by atoms with Gasteiger partial charge in [0.2, 0.25) is 5.78 Å². The second-order valence-corrected chi connectivity index (χ2v) is 5.99. The van der Waals surface area contributed by atoms with Crippen molar-refractivity contribution in [3.8, 4) is 11.3 Å². The summed E-state index contributed by atoms with van der Waals surface area (Å²) in [6.07, 6.45) is -0.299. The molecule has 3 aromatic rings. The summed E-state index contributed by atoms with van der Waals surface area (Å²) >= 11 is 0. The number of imidazole rings is 1. The van der Waals surface area contributed by atoms with E-state index in [9.17, 15) is 18.0 Å². The van der Waals surface area contributed by atoms with Crippen LogP contribution in [-0.2, 0) is 12.7 Å². The highest BCUT2D eigenvalue weighted by molar-refractivity contribution is 6.07. The monoisotopic (exact) mass is 370 g/mol. The highest BCUT2D eigenvalue weighted by atomic mass is 19.4. The van der Waals surface area contributed by atoms with E-state index in [1.807, 2.05) is 30.3 Å². The molecule has 0 aliphatic rings. The van der Waals surface area contributed by atoms with Crippen molar-refractivity contribution in [2.45, 2.75) is 19.1 Å². The number of benzene rings is 2. The van der Waals surface area contributed by atoms with Crippen molar-refractivity contribution < 1.29 is 18.0 Å². The zero-order valence-corrected chi connectivity index (χ0v) is 14.4. The molecule has 0 radical (unpaired) electrons. The number of hydrogen-bond donors (Lipinski definition) is 0. The quantitative estimate of drug-likeness (QED) is 0.432. The molecule has 0 amide bonds. The number of allylic oxidation sites excluding steroid dienone is 1. The van der Waals surface area contributed by atoms with E-state index >= 15 is 0 Å². The van der Waals surface area contributed by atoms with Crippen LogP contribution in [0.1, 0.15) is 28.2 Å². The van der Waals surface area contributed by atoms with E-state index in [0.29, 0.717) is 18.7 Å². The molecule has 3 nitrogen and oxygen atoms in total. The van der Waals surface area contributed by atoms with Crippen LogP contribution < -0.4 is 0 Å². The number of nitrogens with zero attached hydrogens (tertiary/aromatic N) is 2. The minimum atomic E-state index is -4.44. The largest absolute Gasteiger partial charge is 0.416 e. The molecule has 0 saturated carbocycles. The number of ketones is 1. The first-order valence-electron chi connectivity index (χ1n) is 8.35. The van der Waals surface area contributed by atoms with Gasteiger partial charge in [0, 0.05) is 23.9 Å². The number of alkyl halides is 3. The summed E-state index contributed by atoms with van der Waals surface area (Å²) in [6, 6.07) is 13.6. The summed E-state index contributed by atoms with van der Waals surface area (Å²) in [7, 11) is 0. The number of rotatable bonds is 6. The Labute approximate surface area is 154 Å². The molecule has 0 spiro atoms. The molecule has 0 aliphatic heterocycles. The van der Waals surface area contributed by atoms with Crippen LogP contribution in [0.5, 0.6) is 0 Å². The maximum absolute atomic E-state index is 12.8. The van der Waals surface area contributed by atoms with Crippen LogP contribution in [0.3, 0.4) is 0 Å². The van der Waals surface area contributed by atoms with E-state index in [0.717, 1.165) is 17.7 Å². The molecule has 0 N–H and O–H groups in total. The Morgan fingerprint density at radius 1 is 1.07 bits per heavy atom.